The molecule has 2 N–H and O–H groups in total. The molecule has 0 saturated carbocycles. The van der Waals surface area contributed by atoms with Gasteiger partial charge in [0.25, 0.3) is 0 Å². The molecule has 0 bridgehead atoms. The van der Waals surface area contributed by atoms with Crippen LogP contribution in [0.15, 0.2) is 54.9 Å². The van der Waals surface area contributed by atoms with Crippen molar-refractivity contribution in [3.05, 3.63) is 60.4 Å². The lowest BCUT2D eigenvalue weighted by Crippen LogP contribution is -2.17. The highest BCUT2D eigenvalue weighted by Gasteiger charge is 2.12. The average Bonchev–Trinajstić information content (AvgIpc) is 3.21. The summed E-state index contributed by atoms with van der Waals surface area (Å²) in [5.74, 6) is 0.723. The van der Waals surface area contributed by atoms with Gasteiger partial charge in [-0.15, -0.1) is 0 Å². The normalized spacial score (nSPS) is 10.3. The lowest BCUT2D eigenvalue weighted by Gasteiger charge is -2.19. The Bertz CT molecular complexity index is 907. The first kappa shape index (κ1) is 18.3. The highest BCUT2D eigenvalue weighted by atomic mass is 16.5. The molecular formula is C20H22N4O3. The van der Waals surface area contributed by atoms with E-state index in [0.717, 1.165) is 28.1 Å². The van der Waals surface area contributed by atoms with Gasteiger partial charge >= 0.3 is 6.09 Å². The molecule has 0 aliphatic heterocycles. The molecule has 0 radical (unpaired) electrons. The van der Waals surface area contributed by atoms with Gasteiger partial charge < -0.3 is 14.4 Å². The van der Waals surface area contributed by atoms with Crippen LogP contribution >= 0.6 is 0 Å². The number of methoxy groups -OCH3 is 1. The van der Waals surface area contributed by atoms with Gasteiger partial charge in [0.15, 0.2) is 0 Å². The third-order valence-corrected chi connectivity index (χ3v) is 4.05. The first-order valence-corrected chi connectivity index (χ1v) is 8.44. The van der Waals surface area contributed by atoms with E-state index in [1.165, 1.54) is 0 Å². The number of amides is 1. The summed E-state index contributed by atoms with van der Waals surface area (Å²) >= 11 is 0. The molecule has 1 amide bonds. The van der Waals surface area contributed by atoms with Crippen molar-refractivity contribution in [1.29, 1.82) is 0 Å². The summed E-state index contributed by atoms with van der Waals surface area (Å²) < 4.78 is 10.5. The lowest BCUT2D eigenvalue weighted by atomic mass is 10.1. The van der Waals surface area contributed by atoms with E-state index in [9.17, 15) is 4.79 Å². The van der Waals surface area contributed by atoms with E-state index < -0.39 is 6.09 Å². The van der Waals surface area contributed by atoms with Crippen molar-refractivity contribution in [3.63, 3.8) is 0 Å². The zero-order valence-electron chi connectivity index (χ0n) is 15.5. The van der Waals surface area contributed by atoms with Crippen molar-refractivity contribution in [1.82, 2.24) is 10.2 Å². The highest BCUT2D eigenvalue weighted by Crippen LogP contribution is 2.30. The molecule has 0 unspecified atom stereocenters. The number of carbonyl (C=O) groups excluding carboxylic acids is 1. The van der Waals surface area contributed by atoms with E-state index in [1.807, 2.05) is 67.7 Å². The molecule has 7 nitrogen and oxygen atoms in total. The number of anilines is 2. The molecule has 0 atom stereocenters. The maximum Gasteiger partial charge on any atom is 0.412 e. The van der Waals surface area contributed by atoms with Crippen molar-refractivity contribution >= 4 is 17.5 Å². The maximum absolute atomic E-state index is 12.2. The van der Waals surface area contributed by atoms with Gasteiger partial charge in [0.05, 0.1) is 24.7 Å². The van der Waals surface area contributed by atoms with Crippen LogP contribution in [0, 0.1) is 0 Å². The Balaban J connectivity index is 1.69. The number of H-pyrrole nitrogens is 1. The fraction of sp³-hybridized carbons (Fsp3) is 0.200. The fourth-order valence-electron chi connectivity index (χ4n) is 2.65. The van der Waals surface area contributed by atoms with Gasteiger partial charge in [-0.1, -0.05) is 18.2 Å². The minimum atomic E-state index is -0.517. The zero-order chi connectivity index (χ0) is 19.2. The Hall–Kier alpha value is -3.48. The monoisotopic (exact) mass is 366 g/mol. The topological polar surface area (TPSA) is 79.5 Å². The second kappa shape index (κ2) is 8.27. The second-order valence-electron chi connectivity index (χ2n) is 6.17. The first-order chi connectivity index (χ1) is 13.1. The molecule has 3 rings (SSSR count). The molecule has 2 aromatic carbocycles. The van der Waals surface area contributed by atoms with Crippen molar-refractivity contribution < 1.29 is 14.3 Å². The molecule has 27 heavy (non-hydrogen) atoms. The maximum atomic E-state index is 12.2. The number of benzene rings is 2. The third kappa shape index (κ3) is 4.58. The van der Waals surface area contributed by atoms with Crippen LogP contribution in [0.2, 0.25) is 0 Å². The standard InChI is InChI=1S/C20H22N4O3/c1-24(2)19-10-15(16-11-21-22-12-16)7-8-18(19)23-20(25)27-13-14-5-4-6-17(9-14)26-3/h4-12H,13H2,1-3H3,(H,21,22)(H,23,25). The molecule has 140 valence electrons. The number of aromatic amines is 1. The highest BCUT2D eigenvalue weighted by molar-refractivity contribution is 5.91. The molecule has 1 heterocycles. The van der Waals surface area contributed by atoms with Gasteiger partial charge in [0.2, 0.25) is 0 Å². The number of nitrogens with one attached hydrogen (secondary N) is 2. The van der Waals surface area contributed by atoms with Gasteiger partial charge in [-0.05, 0) is 35.4 Å². The van der Waals surface area contributed by atoms with Crippen LogP contribution in [-0.4, -0.2) is 37.5 Å². The Morgan fingerprint density at radius 1 is 1.19 bits per heavy atom. The van der Waals surface area contributed by atoms with E-state index in [4.69, 9.17) is 9.47 Å². The minimum absolute atomic E-state index is 0.160. The summed E-state index contributed by atoms with van der Waals surface area (Å²) in [7, 11) is 5.44. The quantitative estimate of drug-likeness (QED) is 0.692. The summed E-state index contributed by atoms with van der Waals surface area (Å²) in [6.45, 7) is 0.160. The summed E-state index contributed by atoms with van der Waals surface area (Å²) in [6.07, 6.45) is 3.06. The second-order valence-corrected chi connectivity index (χ2v) is 6.17. The Kier molecular flexibility index (Phi) is 5.61. The number of hydrogen-bond donors (Lipinski definition) is 2. The Morgan fingerprint density at radius 2 is 2.04 bits per heavy atom. The number of aromatic nitrogens is 2. The average molecular weight is 366 g/mol. The van der Waals surface area contributed by atoms with E-state index in [1.54, 1.807) is 13.3 Å². The van der Waals surface area contributed by atoms with Gasteiger partial charge in [0, 0.05) is 25.9 Å². The number of hydrogen-bond acceptors (Lipinski definition) is 5. The number of rotatable bonds is 6. The van der Waals surface area contributed by atoms with Gasteiger partial charge in [0.1, 0.15) is 12.4 Å². The van der Waals surface area contributed by atoms with Crippen LogP contribution in [-0.2, 0) is 11.3 Å². The van der Waals surface area contributed by atoms with Crippen LogP contribution in [0.4, 0.5) is 16.2 Å². The van der Waals surface area contributed by atoms with E-state index in [0.29, 0.717) is 5.69 Å². The lowest BCUT2D eigenvalue weighted by molar-refractivity contribution is 0.155. The van der Waals surface area contributed by atoms with Gasteiger partial charge in [-0.3, -0.25) is 10.4 Å². The summed E-state index contributed by atoms with van der Waals surface area (Å²) in [5.41, 5.74) is 4.37. The van der Waals surface area contributed by atoms with E-state index >= 15 is 0 Å². The predicted octanol–water partition coefficient (Wildman–Crippen LogP) is 3.90. The molecule has 0 spiro atoms. The van der Waals surface area contributed by atoms with Gasteiger partial charge in [-0.25, -0.2) is 4.79 Å². The zero-order valence-corrected chi connectivity index (χ0v) is 15.5. The number of carbonyl (C=O) groups is 1. The number of ether oxygens (including phenoxy) is 2. The molecule has 1 aromatic heterocycles. The number of nitrogens with zero attached hydrogens (tertiary/aromatic N) is 2. The molecule has 3 aromatic rings. The van der Waals surface area contributed by atoms with E-state index in [2.05, 4.69) is 15.5 Å². The van der Waals surface area contributed by atoms with Crippen LogP contribution in [0.25, 0.3) is 11.1 Å². The Labute approximate surface area is 157 Å². The molecule has 0 saturated heterocycles. The summed E-state index contributed by atoms with van der Waals surface area (Å²) in [6, 6.07) is 13.2. The summed E-state index contributed by atoms with van der Waals surface area (Å²) in [4.78, 5) is 14.2. The van der Waals surface area contributed by atoms with Crippen molar-refractivity contribution in [3.8, 4) is 16.9 Å². The van der Waals surface area contributed by atoms with Crippen LogP contribution < -0.4 is 15.0 Å². The van der Waals surface area contributed by atoms with Crippen LogP contribution in [0.1, 0.15) is 5.56 Å². The van der Waals surface area contributed by atoms with Crippen molar-refractivity contribution in [2.24, 2.45) is 0 Å². The molecular weight excluding hydrogens is 344 g/mol. The third-order valence-electron chi connectivity index (χ3n) is 4.05. The Morgan fingerprint density at radius 3 is 2.74 bits per heavy atom. The smallest absolute Gasteiger partial charge is 0.412 e. The fourth-order valence-corrected chi connectivity index (χ4v) is 2.65. The molecule has 0 aliphatic rings. The van der Waals surface area contributed by atoms with Gasteiger partial charge in [-0.2, -0.15) is 5.10 Å². The van der Waals surface area contributed by atoms with E-state index in [-0.39, 0.29) is 6.61 Å². The largest absolute Gasteiger partial charge is 0.497 e. The first-order valence-electron chi connectivity index (χ1n) is 8.44. The SMILES string of the molecule is COc1cccc(COC(=O)Nc2ccc(-c3cn[nH]c3)cc2N(C)C)c1. The molecule has 7 heteroatoms. The van der Waals surface area contributed by atoms with Crippen LogP contribution in [0.3, 0.4) is 0 Å². The van der Waals surface area contributed by atoms with Crippen molar-refractivity contribution in [2.45, 2.75) is 6.61 Å². The summed E-state index contributed by atoms with van der Waals surface area (Å²) in [5, 5.41) is 9.58. The van der Waals surface area contributed by atoms with Crippen LogP contribution in [0.5, 0.6) is 5.75 Å². The van der Waals surface area contributed by atoms with Crippen molar-refractivity contribution in [2.75, 3.05) is 31.4 Å². The molecule has 0 aliphatic carbocycles. The predicted molar refractivity (Wildman–Crippen MR) is 105 cm³/mol. The molecule has 0 fully saturated rings. The minimum Gasteiger partial charge on any atom is -0.497 e.